The third kappa shape index (κ3) is 1.88. The highest BCUT2D eigenvalue weighted by Gasteiger charge is 2.55. The largest absolute Gasteiger partial charge is 0.481 e. The Labute approximate surface area is 127 Å². The lowest BCUT2D eigenvalue weighted by molar-refractivity contribution is -0.159. The minimum absolute atomic E-state index is 0.0304. The van der Waals surface area contributed by atoms with Crippen LogP contribution in [0.25, 0.3) is 0 Å². The quantitative estimate of drug-likeness (QED) is 0.854. The Balaban J connectivity index is 1.58. The van der Waals surface area contributed by atoms with Crippen LogP contribution < -0.4 is 0 Å². The first-order valence-electron chi connectivity index (χ1n) is 7.77. The molecule has 0 radical (unpaired) electrons. The van der Waals surface area contributed by atoms with E-state index in [0.717, 1.165) is 25.2 Å². The number of fused-ring (bicyclic) bond motifs is 2. The molecular weight excluding hydrogens is 286 g/mol. The number of ether oxygens (including phenoxy) is 1. The molecular formula is C15H19N3O4. The van der Waals surface area contributed by atoms with Crippen molar-refractivity contribution in [1.29, 1.82) is 0 Å². The van der Waals surface area contributed by atoms with Gasteiger partial charge >= 0.3 is 5.97 Å². The highest BCUT2D eigenvalue weighted by Crippen LogP contribution is 2.42. The number of carbonyl (C=O) groups is 2. The minimum Gasteiger partial charge on any atom is -0.481 e. The summed E-state index contributed by atoms with van der Waals surface area (Å²) in [4.78, 5) is 30.5. The van der Waals surface area contributed by atoms with Crippen LogP contribution in [0.4, 0.5) is 0 Å². The number of aliphatic carboxylic acids is 1. The van der Waals surface area contributed by atoms with Crippen molar-refractivity contribution in [3.05, 3.63) is 17.7 Å². The summed E-state index contributed by atoms with van der Waals surface area (Å²) in [6.45, 7) is 2.37. The molecule has 7 nitrogen and oxygen atoms in total. The molecule has 1 N–H and O–H groups in total. The van der Waals surface area contributed by atoms with Crippen molar-refractivity contribution in [1.82, 2.24) is 14.5 Å². The third-order valence-electron chi connectivity index (χ3n) is 5.26. The Bertz CT molecular complexity index is 619. The lowest BCUT2D eigenvalue weighted by Gasteiger charge is -2.33. The number of amides is 1. The molecule has 0 aliphatic carbocycles. The number of hydrogen-bond donors (Lipinski definition) is 1. The summed E-state index contributed by atoms with van der Waals surface area (Å²) in [5, 5.41) is 9.63. The van der Waals surface area contributed by atoms with E-state index < -0.39 is 11.4 Å². The average Bonchev–Trinajstić information content (AvgIpc) is 3.18. The molecule has 0 spiro atoms. The Kier molecular flexibility index (Phi) is 3.00. The van der Waals surface area contributed by atoms with Crippen molar-refractivity contribution in [3.8, 4) is 0 Å². The molecule has 7 heteroatoms. The lowest BCUT2D eigenvalue weighted by atomic mass is 9.76. The average molecular weight is 305 g/mol. The van der Waals surface area contributed by atoms with Crippen LogP contribution >= 0.6 is 0 Å². The number of carbonyl (C=O) groups excluding carboxylic acids is 1. The van der Waals surface area contributed by atoms with Crippen LogP contribution in [0.3, 0.4) is 0 Å². The van der Waals surface area contributed by atoms with E-state index in [1.807, 2.05) is 4.57 Å². The van der Waals surface area contributed by atoms with Gasteiger partial charge in [0.15, 0.2) is 0 Å². The number of hydrogen-bond acceptors (Lipinski definition) is 4. The number of aromatic nitrogens is 2. The Morgan fingerprint density at radius 2 is 2.32 bits per heavy atom. The van der Waals surface area contributed by atoms with Gasteiger partial charge in [0.1, 0.15) is 16.9 Å². The van der Waals surface area contributed by atoms with Crippen LogP contribution in [0.1, 0.15) is 29.2 Å². The zero-order valence-electron chi connectivity index (χ0n) is 12.3. The van der Waals surface area contributed by atoms with Gasteiger partial charge < -0.3 is 19.3 Å². The molecule has 0 unspecified atom stereocenters. The molecule has 0 saturated carbocycles. The number of carboxylic acid groups (broad SMARTS) is 1. The van der Waals surface area contributed by atoms with Gasteiger partial charge in [-0.15, -0.1) is 0 Å². The minimum atomic E-state index is -0.948. The predicted octanol–water partition coefficient (Wildman–Crippen LogP) is 0.393. The summed E-state index contributed by atoms with van der Waals surface area (Å²) in [6, 6.07) is 0. The van der Waals surface area contributed by atoms with Crippen molar-refractivity contribution in [2.24, 2.45) is 11.3 Å². The van der Waals surface area contributed by atoms with Crippen LogP contribution in [0.2, 0.25) is 0 Å². The number of aryl methyl sites for hydroxylation is 2. The van der Waals surface area contributed by atoms with Gasteiger partial charge in [-0.25, -0.2) is 4.98 Å². The predicted molar refractivity (Wildman–Crippen MR) is 75.4 cm³/mol. The molecule has 2 fully saturated rings. The lowest BCUT2D eigenvalue weighted by Crippen LogP contribution is -2.46. The van der Waals surface area contributed by atoms with E-state index in [2.05, 4.69) is 4.98 Å². The maximum atomic E-state index is 12.7. The Hall–Kier alpha value is -1.89. The zero-order chi connectivity index (χ0) is 15.3. The number of likely N-dealkylation sites (tertiary alicyclic amines) is 1. The second-order valence-electron chi connectivity index (χ2n) is 6.52. The highest BCUT2D eigenvalue weighted by atomic mass is 16.5. The number of nitrogens with zero attached hydrogens (tertiary/aromatic N) is 3. The van der Waals surface area contributed by atoms with Crippen LogP contribution in [0.5, 0.6) is 0 Å². The van der Waals surface area contributed by atoms with E-state index >= 15 is 0 Å². The molecule has 4 rings (SSSR count). The summed E-state index contributed by atoms with van der Waals surface area (Å²) in [7, 11) is 0. The molecule has 0 bridgehead atoms. The number of imidazole rings is 1. The molecule has 118 valence electrons. The first-order valence-corrected chi connectivity index (χ1v) is 7.77. The second kappa shape index (κ2) is 4.81. The molecule has 22 heavy (non-hydrogen) atoms. The summed E-state index contributed by atoms with van der Waals surface area (Å²) in [6.07, 6.45) is 4.47. The van der Waals surface area contributed by atoms with Crippen molar-refractivity contribution < 1.29 is 19.4 Å². The summed E-state index contributed by atoms with van der Waals surface area (Å²) in [5.74, 6) is -0.0924. The monoisotopic (exact) mass is 305 g/mol. The fourth-order valence-corrected chi connectivity index (χ4v) is 3.96. The van der Waals surface area contributed by atoms with E-state index in [-0.39, 0.29) is 25.0 Å². The number of rotatable bonds is 2. The highest BCUT2D eigenvalue weighted by molar-refractivity contribution is 5.93. The molecule has 2 atom stereocenters. The molecule has 4 heterocycles. The topological polar surface area (TPSA) is 84.7 Å². The Morgan fingerprint density at radius 1 is 1.45 bits per heavy atom. The molecule has 1 amide bonds. The first kappa shape index (κ1) is 13.8. The second-order valence-corrected chi connectivity index (χ2v) is 6.52. The maximum absolute atomic E-state index is 12.7. The number of carboxylic acids is 1. The molecule has 3 aliphatic rings. The van der Waals surface area contributed by atoms with Crippen molar-refractivity contribution in [2.45, 2.75) is 25.8 Å². The van der Waals surface area contributed by atoms with Gasteiger partial charge in [-0.1, -0.05) is 0 Å². The summed E-state index contributed by atoms with van der Waals surface area (Å²) >= 11 is 0. The fourth-order valence-electron chi connectivity index (χ4n) is 3.96. The molecule has 2 saturated heterocycles. The van der Waals surface area contributed by atoms with E-state index in [4.69, 9.17) is 4.74 Å². The maximum Gasteiger partial charge on any atom is 0.314 e. The van der Waals surface area contributed by atoms with Crippen molar-refractivity contribution in [2.75, 3.05) is 26.3 Å². The first-order chi connectivity index (χ1) is 10.6. The van der Waals surface area contributed by atoms with Gasteiger partial charge in [0.2, 0.25) is 0 Å². The summed E-state index contributed by atoms with van der Waals surface area (Å²) in [5.41, 5.74) is -0.508. The van der Waals surface area contributed by atoms with E-state index in [1.165, 1.54) is 0 Å². The van der Waals surface area contributed by atoms with Crippen LogP contribution in [-0.2, 0) is 22.5 Å². The van der Waals surface area contributed by atoms with Gasteiger partial charge in [0.25, 0.3) is 5.91 Å². The molecule has 1 aromatic heterocycles. The van der Waals surface area contributed by atoms with E-state index in [0.29, 0.717) is 25.3 Å². The van der Waals surface area contributed by atoms with E-state index in [9.17, 15) is 14.7 Å². The van der Waals surface area contributed by atoms with Crippen LogP contribution in [-0.4, -0.2) is 57.7 Å². The van der Waals surface area contributed by atoms with Gasteiger partial charge in [0.05, 0.1) is 6.61 Å². The standard InChI is InChI=1S/C15H19N3O4/c19-13(11-7-17-4-1-2-12(17)16-11)18-6-10-3-5-22-9-15(10,8-18)14(20)21/h7,10H,1-6,8-9H2,(H,20,21)/t10-,15+/m1/s1. The fraction of sp³-hybridized carbons (Fsp3) is 0.667. The zero-order valence-corrected chi connectivity index (χ0v) is 12.3. The third-order valence-corrected chi connectivity index (χ3v) is 5.26. The molecule has 3 aliphatic heterocycles. The van der Waals surface area contributed by atoms with E-state index in [1.54, 1.807) is 11.1 Å². The summed E-state index contributed by atoms with van der Waals surface area (Å²) < 4.78 is 7.41. The SMILES string of the molecule is O=C(c1cn2c(n1)CCC2)N1C[C@H]2CCOC[C@@]2(C(=O)O)C1. The normalized spacial score (nSPS) is 30.2. The van der Waals surface area contributed by atoms with Gasteiger partial charge in [-0.3, -0.25) is 9.59 Å². The van der Waals surface area contributed by atoms with Crippen LogP contribution in [0.15, 0.2) is 6.20 Å². The smallest absolute Gasteiger partial charge is 0.314 e. The van der Waals surface area contributed by atoms with Crippen molar-refractivity contribution in [3.63, 3.8) is 0 Å². The van der Waals surface area contributed by atoms with Gasteiger partial charge in [0, 0.05) is 38.9 Å². The Morgan fingerprint density at radius 3 is 3.05 bits per heavy atom. The van der Waals surface area contributed by atoms with Crippen LogP contribution in [0, 0.1) is 11.3 Å². The van der Waals surface area contributed by atoms with Gasteiger partial charge in [-0.2, -0.15) is 0 Å². The molecule has 0 aromatic carbocycles. The van der Waals surface area contributed by atoms with Gasteiger partial charge in [-0.05, 0) is 18.8 Å². The van der Waals surface area contributed by atoms with Crippen molar-refractivity contribution >= 4 is 11.9 Å². The molecule has 1 aromatic rings.